The number of hydrogen-bond acceptors (Lipinski definition) is 4. The van der Waals surface area contributed by atoms with Crippen molar-refractivity contribution in [3.8, 4) is 0 Å². The van der Waals surface area contributed by atoms with Gasteiger partial charge in [-0.05, 0) is 37.1 Å². The van der Waals surface area contributed by atoms with E-state index in [-0.39, 0.29) is 18.0 Å². The molecule has 0 bridgehead atoms. The predicted octanol–water partition coefficient (Wildman–Crippen LogP) is 1.81. The summed E-state index contributed by atoms with van der Waals surface area (Å²) in [6, 6.07) is 7.87. The van der Waals surface area contributed by atoms with Crippen molar-refractivity contribution in [1.29, 1.82) is 0 Å². The highest BCUT2D eigenvalue weighted by Crippen LogP contribution is 2.22. The van der Waals surface area contributed by atoms with E-state index in [2.05, 4.69) is 0 Å². The van der Waals surface area contributed by atoms with Gasteiger partial charge in [0.2, 0.25) is 0 Å². The number of ether oxygens (including phenoxy) is 1. The first kappa shape index (κ1) is 15.6. The molecular formula is C17H23N3O3. The van der Waals surface area contributed by atoms with Crippen LogP contribution < -0.4 is 4.90 Å². The zero-order chi connectivity index (χ0) is 16.4. The van der Waals surface area contributed by atoms with Gasteiger partial charge in [-0.1, -0.05) is 0 Å². The second-order valence-electron chi connectivity index (χ2n) is 6.27. The van der Waals surface area contributed by atoms with Gasteiger partial charge in [0.25, 0.3) is 5.91 Å². The molecule has 0 aromatic heterocycles. The van der Waals surface area contributed by atoms with E-state index >= 15 is 0 Å². The summed E-state index contributed by atoms with van der Waals surface area (Å²) >= 11 is 0. The van der Waals surface area contributed by atoms with Gasteiger partial charge in [0.05, 0.1) is 6.54 Å². The van der Waals surface area contributed by atoms with E-state index in [1.54, 1.807) is 4.90 Å². The molecule has 2 heterocycles. The zero-order valence-electron chi connectivity index (χ0n) is 13.7. The number of amides is 2. The summed E-state index contributed by atoms with van der Waals surface area (Å²) in [6.45, 7) is 2.52. The van der Waals surface area contributed by atoms with Gasteiger partial charge in [-0.2, -0.15) is 0 Å². The molecule has 0 aliphatic carbocycles. The smallest absolute Gasteiger partial charge is 0.410 e. The van der Waals surface area contributed by atoms with Crippen LogP contribution in [0, 0.1) is 0 Å². The van der Waals surface area contributed by atoms with Crippen molar-refractivity contribution < 1.29 is 14.3 Å². The third kappa shape index (κ3) is 3.25. The second-order valence-corrected chi connectivity index (χ2v) is 6.27. The number of cyclic esters (lactones) is 1. The third-order valence-corrected chi connectivity index (χ3v) is 4.62. The molecular weight excluding hydrogens is 294 g/mol. The van der Waals surface area contributed by atoms with Crippen molar-refractivity contribution in [2.24, 2.45) is 0 Å². The number of carbonyl (C=O) groups is 2. The van der Waals surface area contributed by atoms with E-state index in [4.69, 9.17) is 4.74 Å². The molecule has 23 heavy (non-hydrogen) atoms. The van der Waals surface area contributed by atoms with E-state index in [1.165, 1.54) is 0 Å². The van der Waals surface area contributed by atoms with E-state index in [9.17, 15) is 9.59 Å². The van der Waals surface area contributed by atoms with Crippen molar-refractivity contribution >= 4 is 17.7 Å². The number of piperidine rings is 1. The molecule has 0 spiro atoms. The van der Waals surface area contributed by atoms with Crippen LogP contribution >= 0.6 is 0 Å². The number of nitrogens with zero attached hydrogens (tertiary/aromatic N) is 3. The van der Waals surface area contributed by atoms with Gasteiger partial charge in [-0.3, -0.25) is 4.79 Å². The second kappa shape index (κ2) is 6.48. The molecule has 124 valence electrons. The molecule has 0 atom stereocenters. The zero-order valence-corrected chi connectivity index (χ0v) is 13.7. The number of likely N-dealkylation sites (tertiary alicyclic amines) is 1. The van der Waals surface area contributed by atoms with Crippen LogP contribution in [0.2, 0.25) is 0 Å². The highest BCUT2D eigenvalue weighted by atomic mass is 16.6. The topological polar surface area (TPSA) is 53.1 Å². The monoisotopic (exact) mass is 317 g/mol. The fraction of sp³-hybridized carbons (Fsp3) is 0.529. The first-order valence-electron chi connectivity index (χ1n) is 8.06. The van der Waals surface area contributed by atoms with Crippen LogP contribution in [0.25, 0.3) is 0 Å². The molecule has 2 aliphatic heterocycles. The van der Waals surface area contributed by atoms with Crippen LogP contribution in [0.4, 0.5) is 10.5 Å². The number of rotatable bonds is 3. The minimum Gasteiger partial charge on any atom is -0.448 e. The number of benzene rings is 1. The Hall–Kier alpha value is -2.24. The van der Waals surface area contributed by atoms with Gasteiger partial charge >= 0.3 is 6.09 Å². The Balaban J connectivity index is 1.58. The molecule has 0 N–H and O–H groups in total. The molecule has 0 radical (unpaired) electrons. The average molecular weight is 317 g/mol. The first-order valence-corrected chi connectivity index (χ1v) is 8.06. The Morgan fingerprint density at radius 3 is 2.30 bits per heavy atom. The predicted molar refractivity (Wildman–Crippen MR) is 87.7 cm³/mol. The van der Waals surface area contributed by atoms with Crippen LogP contribution in [-0.2, 0) is 4.74 Å². The van der Waals surface area contributed by atoms with E-state index < -0.39 is 0 Å². The summed E-state index contributed by atoms with van der Waals surface area (Å²) in [5, 5.41) is 0. The Bertz CT molecular complexity index is 577. The lowest BCUT2D eigenvalue weighted by Gasteiger charge is -2.35. The number of anilines is 1. The summed E-state index contributed by atoms with van der Waals surface area (Å²) in [4.78, 5) is 29.9. The van der Waals surface area contributed by atoms with Gasteiger partial charge in [0.15, 0.2) is 0 Å². The maximum absolute atomic E-state index is 12.6. The molecule has 0 saturated carbocycles. The number of hydrogen-bond donors (Lipinski definition) is 0. The van der Waals surface area contributed by atoms with Crippen LogP contribution in [0.5, 0.6) is 0 Å². The molecule has 1 aromatic rings. The lowest BCUT2D eigenvalue weighted by atomic mass is 10.0. The molecule has 6 heteroatoms. The largest absolute Gasteiger partial charge is 0.448 e. The van der Waals surface area contributed by atoms with E-state index in [0.717, 1.165) is 24.1 Å². The third-order valence-electron chi connectivity index (χ3n) is 4.62. The van der Waals surface area contributed by atoms with Gasteiger partial charge in [0.1, 0.15) is 6.61 Å². The van der Waals surface area contributed by atoms with Gasteiger partial charge in [-0.25, -0.2) is 4.79 Å². The Morgan fingerprint density at radius 2 is 1.78 bits per heavy atom. The standard InChI is InChI=1S/C17H23N3O3/c1-18(2)14-5-3-13(4-6-14)16(21)19-9-7-15(8-10-19)20-11-12-23-17(20)22/h3-6,15H,7-12H2,1-2H3. The van der Waals surface area contributed by atoms with Gasteiger partial charge in [-0.15, -0.1) is 0 Å². The quantitative estimate of drug-likeness (QED) is 0.853. The summed E-state index contributed by atoms with van der Waals surface area (Å²) in [7, 11) is 3.95. The highest BCUT2D eigenvalue weighted by molar-refractivity contribution is 5.94. The van der Waals surface area contributed by atoms with E-state index in [1.807, 2.05) is 48.2 Å². The molecule has 3 rings (SSSR count). The van der Waals surface area contributed by atoms with Crippen LogP contribution in [0.1, 0.15) is 23.2 Å². The minimum atomic E-state index is -0.214. The van der Waals surface area contributed by atoms with Crippen molar-refractivity contribution in [2.75, 3.05) is 45.2 Å². The van der Waals surface area contributed by atoms with Gasteiger partial charge < -0.3 is 19.4 Å². The lowest BCUT2D eigenvalue weighted by Crippen LogP contribution is -2.47. The van der Waals surface area contributed by atoms with Crippen molar-refractivity contribution in [3.05, 3.63) is 29.8 Å². The maximum atomic E-state index is 12.6. The minimum absolute atomic E-state index is 0.0674. The maximum Gasteiger partial charge on any atom is 0.410 e. The fourth-order valence-corrected chi connectivity index (χ4v) is 3.20. The Labute approximate surface area is 136 Å². The van der Waals surface area contributed by atoms with Crippen molar-refractivity contribution in [1.82, 2.24) is 9.80 Å². The Morgan fingerprint density at radius 1 is 1.13 bits per heavy atom. The summed E-state index contributed by atoms with van der Waals surface area (Å²) in [6.07, 6.45) is 1.42. The van der Waals surface area contributed by atoms with Crippen molar-refractivity contribution in [2.45, 2.75) is 18.9 Å². The van der Waals surface area contributed by atoms with Crippen LogP contribution in [0.3, 0.4) is 0 Å². The number of carbonyl (C=O) groups excluding carboxylic acids is 2. The molecule has 2 saturated heterocycles. The normalized spacial score (nSPS) is 19.0. The van der Waals surface area contributed by atoms with Crippen LogP contribution in [0.15, 0.2) is 24.3 Å². The van der Waals surface area contributed by atoms with Crippen LogP contribution in [-0.4, -0.2) is 68.2 Å². The summed E-state index contributed by atoms with van der Waals surface area (Å²) in [5.74, 6) is 0.0674. The molecule has 2 aliphatic rings. The molecule has 2 amide bonds. The molecule has 0 unspecified atom stereocenters. The average Bonchev–Trinajstić information content (AvgIpc) is 3.00. The molecule has 2 fully saturated rings. The summed E-state index contributed by atoms with van der Waals surface area (Å²) < 4.78 is 5.00. The Kier molecular flexibility index (Phi) is 4.41. The highest BCUT2D eigenvalue weighted by Gasteiger charge is 2.33. The molecule has 1 aromatic carbocycles. The molecule has 6 nitrogen and oxygen atoms in total. The van der Waals surface area contributed by atoms with E-state index in [0.29, 0.717) is 26.2 Å². The SMILES string of the molecule is CN(C)c1ccc(C(=O)N2CCC(N3CCOC3=O)CC2)cc1. The first-order chi connectivity index (χ1) is 11.1. The van der Waals surface area contributed by atoms with Crippen molar-refractivity contribution in [3.63, 3.8) is 0 Å². The fourth-order valence-electron chi connectivity index (χ4n) is 3.20. The van der Waals surface area contributed by atoms with Gasteiger partial charge in [0, 0.05) is 44.5 Å². The lowest BCUT2D eigenvalue weighted by molar-refractivity contribution is 0.0658. The summed E-state index contributed by atoms with van der Waals surface area (Å²) in [5.41, 5.74) is 1.79.